The molecular formula is C19H21N5O2S. The Labute approximate surface area is 160 Å². The number of piperidine rings is 1. The molecule has 3 aromatic rings. The number of aromatic nitrogens is 3. The minimum atomic E-state index is -0.139. The number of hydrogen-bond acceptors (Lipinski definition) is 6. The minimum absolute atomic E-state index is 0.0475. The second-order valence-electron chi connectivity index (χ2n) is 6.98. The molecule has 1 amide bonds. The van der Waals surface area contributed by atoms with E-state index in [1.165, 1.54) is 11.3 Å². The number of carbonyl (C=O) groups is 1. The van der Waals surface area contributed by atoms with Gasteiger partial charge in [-0.1, -0.05) is 17.4 Å². The molecule has 140 valence electrons. The second kappa shape index (κ2) is 7.21. The Morgan fingerprint density at radius 2 is 2.11 bits per heavy atom. The Morgan fingerprint density at radius 1 is 1.33 bits per heavy atom. The Kier molecular flexibility index (Phi) is 4.75. The van der Waals surface area contributed by atoms with E-state index in [2.05, 4.69) is 32.2 Å². The number of rotatable bonds is 3. The topological polar surface area (TPSA) is 91.0 Å². The molecule has 8 heteroatoms. The number of anilines is 1. The van der Waals surface area contributed by atoms with Crippen LogP contribution in [0.4, 0.5) is 5.13 Å². The van der Waals surface area contributed by atoms with Crippen molar-refractivity contribution >= 4 is 33.3 Å². The summed E-state index contributed by atoms with van der Waals surface area (Å²) >= 11 is 1.43. The van der Waals surface area contributed by atoms with Gasteiger partial charge in [0, 0.05) is 12.1 Å². The number of likely N-dealkylation sites (tertiary alicyclic amines) is 1. The highest BCUT2D eigenvalue weighted by Crippen LogP contribution is 2.31. The zero-order valence-electron chi connectivity index (χ0n) is 15.3. The lowest BCUT2D eigenvalue weighted by atomic mass is 9.96. The van der Waals surface area contributed by atoms with Crippen LogP contribution in [0.25, 0.3) is 21.3 Å². The first-order valence-electron chi connectivity index (χ1n) is 8.96. The third kappa shape index (κ3) is 3.77. The van der Waals surface area contributed by atoms with Crippen molar-refractivity contribution < 1.29 is 4.79 Å². The first-order valence-corrected chi connectivity index (χ1v) is 9.77. The van der Waals surface area contributed by atoms with E-state index in [9.17, 15) is 9.59 Å². The molecule has 4 rings (SSSR count). The van der Waals surface area contributed by atoms with Crippen molar-refractivity contribution in [2.75, 3.05) is 25.5 Å². The number of fused-ring (bicyclic) bond motifs is 1. The summed E-state index contributed by atoms with van der Waals surface area (Å²) in [6.45, 7) is 3.66. The summed E-state index contributed by atoms with van der Waals surface area (Å²) in [5.41, 5.74) is 1.44. The van der Waals surface area contributed by atoms with Gasteiger partial charge in [0.05, 0.1) is 15.8 Å². The van der Waals surface area contributed by atoms with Gasteiger partial charge in [0.25, 0.3) is 5.56 Å². The molecule has 3 heterocycles. The Balaban J connectivity index is 1.53. The van der Waals surface area contributed by atoms with Crippen LogP contribution in [0.1, 0.15) is 18.7 Å². The molecule has 0 unspecified atom stereocenters. The van der Waals surface area contributed by atoms with Gasteiger partial charge >= 0.3 is 0 Å². The number of nitrogens with zero attached hydrogens (tertiary/aromatic N) is 3. The van der Waals surface area contributed by atoms with E-state index in [1.807, 2.05) is 12.1 Å². The number of aromatic amines is 1. The van der Waals surface area contributed by atoms with Crippen LogP contribution in [-0.2, 0) is 4.79 Å². The van der Waals surface area contributed by atoms with E-state index < -0.39 is 0 Å². The molecule has 1 aliphatic rings. The molecule has 1 fully saturated rings. The van der Waals surface area contributed by atoms with Gasteiger partial charge in [-0.25, -0.2) is 9.97 Å². The van der Waals surface area contributed by atoms with Crippen molar-refractivity contribution in [3.05, 3.63) is 40.6 Å². The molecule has 1 aliphatic heterocycles. The fourth-order valence-electron chi connectivity index (χ4n) is 3.35. The van der Waals surface area contributed by atoms with Gasteiger partial charge < -0.3 is 15.2 Å². The molecule has 0 bridgehead atoms. The first-order chi connectivity index (χ1) is 13.0. The highest BCUT2D eigenvalue weighted by atomic mass is 32.1. The van der Waals surface area contributed by atoms with Crippen LogP contribution in [0.5, 0.6) is 0 Å². The van der Waals surface area contributed by atoms with E-state index in [4.69, 9.17) is 0 Å². The van der Waals surface area contributed by atoms with Crippen molar-refractivity contribution in [2.45, 2.75) is 19.8 Å². The van der Waals surface area contributed by atoms with Gasteiger partial charge in [0.15, 0.2) is 5.13 Å². The standard InChI is InChI=1S/C19H21N5O2S/c1-11-21-15-9-13(3-4-14(15)18(26)22-11)16-10-20-19(27-16)23-17(25)12-5-7-24(2)8-6-12/h3-4,9-10,12H,5-8H2,1-2H3,(H,20,23,25)(H,21,22,26). The van der Waals surface area contributed by atoms with Gasteiger partial charge in [0.1, 0.15) is 5.82 Å². The van der Waals surface area contributed by atoms with Crippen molar-refractivity contribution in [3.63, 3.8) is 0 Å². The summed E-state index contributed by atoms with van der Waals surface area (Å²) in [6, 6.07) is 5.53. The third-order valence-electron chi connectivity index (χ3n) is 4.93. The maximum Gasteiger partial charge on any atom is 0.258 e. The normalized spacial score (nSPS) is 15.9. The summed E-state index contributed by atoms with van der Waals surface area (Å²) in [4.78, 5) is 39.1. The summed E-state index contributed by atoms with van der Waals surface area (Å²) in [5.74, 6) is 0.680. The number of hydrogen-bond donors (Lipinski definition) is 2. The summed E-state index contributed by atoms with van der Waals surface area (Å²) in [7, 11) is 2.08. The van der Waals surface area contributed by atoms with Crippen molar-refractivity contribution in [2.24, 2.45) is 5.92 Å². The molecule has 0 atom stereocenters. The number of nitrogens with one attached hydrogen (secondary N) is 2. The number of carbonyl (C=O) groups excluding carboxylic acids is 1. The number of H-pyrrole nitrogens is 1. The number of benzene rings is 1. The smallest absolute Gasteiger partial charge is 0.258 e. The summed E-state index contributed by atoms with van der Waals surface area (Å²) in [6.07, 6.45) is 3.51. The van der Waals surface area contributed by atoms with Crippen molar-refractivity contribution in [3.8, 4) is 10.4 Å². The average molecular weight is 383 g/mol. The van der Waals surface area contributed by atoms with Gasteiger partial charge in [-0.3, -0.25) is 9.59 Å². The predicted molar refractivity (Wildman–Crippen MR) is 107 cm³/mol. The van der Waals surface area contributed by atoms with Crippen molar-refractivity contribution in [1.82, 2.24) is 19.9 Å². The van der Waals surface area contributed by atoms with Gasteiger partial charge in [-0.2, -0.15) is 0 Å². The molecule has 7 nitrogen and oxygen atoms in total. The second-order valence-corrected chi connectivity index (χ2v) is 8.01. The SMILES string of the molecule is Cc1nc2cc(-c3cnc(NC(=O)C4CCN(C)CC4)s3)ccc2c(=O)[nH]1. The van der Waals surface area contributed by atoms with Gasteiger partial charge in [-0.15, -0.1) is 0 Å². The number of aryl methyl sites for hydroxylation is 1. The minimum Gasteiger partial charge on any atom is -0.310 e. The quantitative estimate of drug-likeness (QED) is 0.726. The molecule has 0 radical (unpaired) electrons. The predicted octanol–water partition coefficient (Wildman–Crippen LogP) is 2.64. The molecular weight excluding hydrogens is 362 g/mol. The lowest BCUT2D eigenvalue weighted by Gasteiger charge is -2.27. The van der Waals surface area contributed by atoms with Crippen LogP contribution in [0.2, 0.25) is 0 Å². The highest BCUT2D eigenvalue weighted by molar-refractivity contribution is 7.19. The largest absolute Gasteiger partial charge is 0.310 e. The van der Waals surface area contributed by atoms with Gasteiger partial charge in [-0.05, 0) is 57.6 Å². The molecule has 27 heavy (non-hydrogen) atoms. The van der Waals surface area contributed by atoms with Gasteiger partial charge in [0.2, 0.25) is 5.91 Å². The summed E-state index contributed by atoms with van der Waals surface area (Å²) in [5, 5.41) is 4.11. The molecule has 0 saturated carbocycles. The summed E-state index contributed by atoms with van der Waals surface area (Å²) < 4.78 is 0. The van der Waals surface area contributed by atoms with Crippen LogP contribution < -0.4 is 10.9 Å². The maximum atomic E-state index is 12.5. The van der Waals surface area contributed by atoms with Crippen LogP contribution in [0, 0.1) is 12.8 Å². The molecule has 2 N–H and O–H groups in total. The van der Waals surface area contributed by atoms with E-state index in [1.54, 1.807) is 19.2 Å². The van der Waals surface area contributed by atoms with Crippen LogP contribution in [-0.4, -0.2) is 45.9 Å². The van der Waals surface area contributed by atoms with E-state index in [-0.39, 0.29) is 17.4 Å². The average Bonchev–Trinajstić information content (AvgIpc) is 3.10. The zero-order valence-corrected chi connectivity index (χ0v) is 16.1. The fraction of sp³-hybridized carbons (Fsp3) is 0.368. The number of amides is 1. The third-order valence-corrected chi connectivity index (χ3v) is 5.90. The molecule has 0 spiro atoms. The van der Waals surface area contributed by atoms with E-state index >= 15 is 0 Å². The monoisotopic (exact) mass is 383 g/mol. The number of thiazole rings is 1. The maximum absolute atomic E-state index is 12.5. The molecule has 1 aromatic carbocycles. The lowest BCUT2D eigenvalue weighted by molar-refractivity contribution is -0.121. The first kappa shape index (κ1) is 17.8. The van der Waals surface area contributed by atoms with Crippen molar-refractivity contribution in [1.29, 1.82) is 0 Å². The highest BCUT2D eigenvalue weighted by Gasteiger charge is 2.24. The molecule has 0 aliphatic carbocycles. The van der Waals surface area contributed by atoms with E-state index in [0.717, 1.165) is 36.4 Å². The molecule has 1 saturated heterocycles. The Bertz CT molecular complexity index is 1050. The zero-order chi connectivity index (χ0) is 19.0. The Morgan fingerprint density at radius 3 is 2.89 bits per heavy atom. The van der Waals surface area contributed by atoms with E-state index in [0.29, 0.717) is 21.9 Å². The van der Waals surface area contributed by atoms with Crippen LogP contribution in [0.15, 0.2) is 29.2 Å². The van der Waals surface area contributed by atoms with Crippen LogP contribution >= 0.6 is 11.3 Å². The fourth-order valence-corrected chi connectivity index (χ4v) is 4.17. The Hall–Kier alpha value is -2.58. The van der Waals surface area contributed by atoms with Crippen LogP contribution in [0.3, 0.4) is 0 Å². The molecule has 2 aromatic heterocycles. The lowest BCUT2D eigenvalue weighted by Crippen LogP contribution is -2.35.